The van der Waals surface area contributed by atoms with Crippen LogP contribution in [0.15, 0.2) is 44.7 Å². The van der Waals surface area contributed by atoms with Crippen molar-refractivity contribution in [3.8, 4) is 0 Å². The van der Waals surface area contributed by atoms with E-state index in [2.05, 4.69) is 4.40 Å². The van der Waals surface area contributed by atoms with Crippen molar-refractivity contribution in [2.75, 3.05) is 0 Å². The maximum Gasteiger partial charge on any atom is 0.283 e. The Kier molecular flexibility index (Phi) is 4.20. The smallest absolute Gasteiger partial charge is 0.283 e. The summed E-state index contributed by atoms with van der Waals surface area (Å²) in [6, 6.07) is 3.66. The van der Waals surface area contributed by atoms with E-state index in [9.17, 15) is 13.2 Å². The molecule has 0 unspecified atom stereocenters. The molecule has 1 aliphatic carbocycles. The van der Waals surface area contributed by atoms with Crippen molar-refractivity contribution in [2.24, 2.45) is 4.40 Å². The minimum Gasteiger partial charge on any atom is -0.290 e. The van der Waals surface area contributed by atoms with Crippen LogP contribution in [0.25, 0.3) is 0 Å². The number of aryl methyl sites for hydroxylation is 3. The molecule has 0 radical (unpaired) electrons. The summed E-state index contributed by atoms with van der Waals surface area (Å²) in [5.41, 5.74) is 3.84. The third-order valence-corrected chi connectivity index (χ3v) is 5.12. The molecule has 0 atom stereocenters. The molecule has 1 aromatic carbocycles. The van der Waals surface area contributed by atoms with Gasteiger partial charge in [-0.3, -0.25) is 4.79 Å². The van der Waals surface area contributed by atoms with Gasteiger partial charge >= 0.3 is 0 Å². The van der Waals surface area contributed by atoms with Crippen LogP contribution < -0.4 is 0 Å². The summed E-state index contributed by atoms with van der Waals surface area (Å²) in [6.45, 7) is 8.84. The van der Waals surface area contributed by atoms with E-state index in [1.165, 1.54) is 12.2 Å². The molecule has 0 aliphatic heterocycles. The summed E-state index contributed by atoms with van der Waals surface area (Å²) >= 11 is 0. The van der Waals surface area contributed by atoms with Crippen molar-refractivity contribution in [3.63, 3.8) is 0 Å². The molecule has 0 heterocycles. The fourth-order valence-electron chi connectivity index (χ4n) is 2.80. The second-order valence-electron chi connectivity index (χ2n) is 5.70. The first-order chi connectivity index (χ1) is 10.1. The van der Waals surface area contributed by atoms with Crippen molar-refractivity contribution >= 4 is 21.5 Å². The van der Waals surface area contributed by atoms with Crippen LogP contribution >= 0.6 is 0 Å². The van der Waals surface area contributed by atoms with E-state index < -0.39 is 10.0 Å². The fourth-order valence-corrected chi connectivity index (χ4v) is 4.35. The average molecular weight is 317 g/mol. The monoisotopic (exact) mass is 317 g/mol. The Morgan fingerprint density at radius 2 is 1.32 bits per heavy atom. The first-order valence-electron chi connectivity index (χ1n) is 6.96. The highest BCUT2D eigenvalue weighted by molar-refractivity contribution is 7.90. The number of carbonyl (C=O) groups excluding carboxylic acids is 1. The van der Waals surface area contributed by atoms with Crippen molar-refractivity contribution < 1.29 is 13.2 Å². The van der Waals surface area contributed by atoms with Gasteiger partial charge in [0, 0.05) is 0 Å². The molecular formula is C17H19NO3S. The third-order valence-electron chi connectivity index (χ3n) is 3.54. The quantitative estimate of drug-likeness (QED) is 0.787. The van der Waals surface area contributed by atoms with Gasteiger partial charge in [0.1, 0.15) is 0 Å². The second kappa shape index (κ2) is 5.65. The van der Waals surface area contributed by atoms with Crippen molar-refractivity contribution in [1.29, 1.82) is 0 Å². The number of carbonyl (C=O) groups is 1. The van der Waals surface area contributed by atoms with Gasteiger partial charge in [-0.15, -0.1) is 0 Å². The highest BCUT2D eigenvalue weighted by Gasteiger charge is 2.22. The van der Waals surface area contributed by atoms with Gasteiger partial charge in [-0.25, -0.2) is 0 Å². The predicted octanol–water partition coefficient (Wildman–Crippen LogP) is 3.22. The van der Waals surface area contributed by atoms with Crippen LogP contribution in [0.1, 0.15) is 30.5 Å². The molecule has 0 saturated heterocycles. The fraction of sp³-hybridized carbons (Fsp3) is 0.294. The first-order valence-corrected chi connectivity index (χ1v) is 8.40. The molecule has 4 nitrogen and oxygen atoms in total. The Labute approximate surface area is 131 Å². The first kappa shape index (κ1) is 16.4. The zero-order valence-corrected chi connectivity index (χ0v) is 14.2. The molecule has 0 spiro atoms. The topological polar surface area (TPSA) is 63.6 Å². The van der Waals surface area contributed by atoms with Gasteiger partial charge in [0.25, 0.3) is 10.0 Å². The van der Waals surface area contributed by atoms with E-state index in [0.717, 1.165) is 5.56 Å². The van der Waals surface area contributed by atoms with Crippen LogP contribution in [0.4, 0.5) is 0 Å². The highest BCUT2D eigenvalue weighted by atomic mass is 32.2. The normalized spacial score (nSPS) is 15.5. The predicted molar refractivity (Wildman–Crippen MR) is 87.8 cm³/mol. The number of ketones is 1. The number of benzene rings is 1. The number of nitrogens with zero attached hydrogens (tertiary/aromatic N) is 1. The van der Waals surface area contributed by atoms with Crippen LogP contribution in [-0.4, -0.2) is 19.9 Å². The summed E-state index contributed by atoms with van der Waals surface area (Å²) in [7, 11) is -3.83. The third kappa shape index (κ3) is 3.09. The lowest BCUT2D eigenvalue weighted by atomic mass is 9.98. The highest BCUT2D eigenvalue weighted by Crippen LogP contribution is 2.25. The number of hydrogen-bond acceptors (Lipinski definition) is 3. The van der Waals surface area contributed by atoms with E-state index >= 15 is 0 Å². The molecule has 1 aliphatic rings. The van der Waals surface area contributed by atoms with Crippen LogP contribution in [0.3, 0.4) is 0 Å². The summed E-state index contributed by atoms with van der Waals surface area (Å²) in [6.07, 6.45) is 2.80. The van der Waals surface area contributed by atoms with Crippen LogP contribution in [-0.2, 0) is 14.8 Å². The molecule has 0 fully saturated rings. The van der Waals surface area contributed by atoms with Gasteiger partial charge in [-0.05, 0) is 69.0 Å². The van der Waals surface area contributed by atoms with Crippen LogP contribution in [0.2, 0.25) is 0 Å². The van der Waals surface area contributed by atoms with Gasteiger partial charge in [0.15, 0.2) is 5.78 Å². The molecular weight excluding hydrogens is 298 g/mol. The summed E-state index contributed by atoms with van der Waals surface area (Å²) in [5, 5.41) is 0. The molecule has 116 valence electrons. The lowest BCUT2D eigenvalue weighted by Crippen LogP contribution is -2.14. The Bertz CT molecular complexity index is 809. The van der Waals surface area contributed by atoms with Gasteiger partial charge in [-0.1, -0.05) is 17.7 Å². The lowest BCUT2D eigenvalue weighted by molar-refractivity contribution is -0.110. The maximum absolute atomic E-state index is 12.7. The molecule has 0 amide bonds. The number of allylic oxidation sites excluding steroid dienone is 4. The van der Waals surface area contributed by atoms with Crippen LogP contribution in [0.5, 0.6) is 0 Å². The van der Waals surface area contributed by atoms with Crippen LogP contribution in [0, 0.1) is 20.8 Å². The van der Waals surface area contributed by atoms with Gasteiger partial charge in [0.05, 0.1) is 10.6 Å². The second-order valence-corrected chi connectivity index (χ2v) is 7.24. The van der Waals surface area contributed by atoms with Gasteiger partial charge < -0.3 is 0 Å². The molecule has 0 N–H and O–H groups in total. The molecule has 22 heavy (non-hydrogen) atoms. The Balaban J connectivity index is 2.63. The zero-order valence-electron chi connectivity index (χ0n) is 13.4. The average Bonchev–Trinajstić information content (AvgIpc) is 2.31. The molecule has 5 heteroatoms. The summed E-state index contributed by atoms with van der Waals surface area (Å²) in [4.78, 5) is 11.7. The molecule has 0 aromatic heterocycles. The van der Waals surface area contributed by atoms with E-state index in [4.69, 9.17) is 0 Å². The number of rotatable bonds is 2. The van der Waals surface area contributed by atoms with E-state index in [1.807, 2.05) is 19.1 Å². The molecule has 0 bridgehead atoms. The number of sulfonamides is 1. The van der Waals surface area contributed by atoms with E-state index in [1.54, 1.807) is 27.7 Å². The summed E-state index contributed by atoms with van der Waals surface area (Å²) in [5.74, 6) is -0.144. The lowest BCUT2D eigenvalue weighted by Gasteiger charge is -2.14. The molecule has 2 rings (SSSR count). The van der Waals surface area contributed by atoms with Crippen molar-refractivity contribution in [3.05, 3.63) is 52.1 Å². The Morgan fingerprint density at radius 3 is 1.77 bits per heavy atom. The Hall–Kier alpha value is -2.01. The minimum absolute atomic E-state index is 0.144. The maximum atomic E-state index is 12.7. The van der Waals surface area contributed by atoms with E-state index in [0.29, 0.717) is 28.0 Å². The van der Waals surface area contributed by atoms with Crippen molar-refractivity contribution in [2.45, 2.75) is 39.5 Å². The largest absolute Gasteiger partial charge is 0.290 e. The van der Waals surface area contributed by atoms with E-state index in [-0.39, 0.29) is 10.7 Å². The number of hydrogen-bond donors (Lipinski definition) is 0. The van der Waals surface area contributed by atoms with Crippen molar-refractivity contribution in [1.82, 2.24) is 0 Å². The molecule has 0 saturated carbocycles. The minimum atomic E-state index is -3.83. The zero-order chi connectivity index (χ0) is 16.7. The van der Waals surface area contributed by atoms with Gasteiger partial charge in [0.2, 0.25) is 0 Å². The molecule has 1 aromatic rings. The SMILES string of the molecule is CC1=CC(=O)C=C(C)C1=NS(=O)(=O)c1c(C)cc(C)cc1C. The van der Waals surface area contributed by atoms with Gasteiger partial charge in [-0.2, -0.15) is 12.8 Å². The standard InChI is InChI=1S/C17H19NO3S/c1-10-6-13(4)17(14(5)7-10)22(20,21)18-16-11(2)8-15(19)9-12(16)3/h6-9H,1-5H3. The summed E-state index contributed by atoms with van der Waals surface area (Å²) < 4.78 is 29.4. The Morgan fingerprint density at radius 1 is 0.864 bits per heavy atom.